The number of nitrogens with zero attached hydrogens (tertiary/aromatic N) is 1. The molecule has 0 aliphatic carbocycles. The first-order chi connectivity index (χ1) is 5.63. The van der Waals surface area contributed by atoms with Gasteiger partial charge in [0.05, 0.1) is 4.92 Å². The molecule has 1 rings (SSSR count). The van der Waals surface area contributed by atoms with Crippen LogP contribution in [-0.2, 0) is 0 Å². The van der Waals surface area contributed by atoms with E-state index in [4.69, 9.17) is 5.73 Å². The molecule has 0 unspecified atom stereocenters. The topological polar surface area (TPSA) is 69.2 Å². The summed E-state index contributed by atoms with van der Waals surface area (Å²) in [6.45, 7) is 1.72. The Kier molecular flexibility index (Phi) is 4.37. The van der Waals surface area contributed by atoms with Crippen molar-refractivity contribution in [3.8, 4) is 0 Å². The van der Waals surface area contributed by atoms with E-state index in [1.54, 1.807) is 25.1 Å². The third-order valence-corrected chi connectivity index (χ3v) is 1.62. The van der Waals surface area contributed by atoms with Crippen LogP contribution in [0.3, 0.4) is 0 Å². The standard InChI is InChI=1S/C8H10N2O2.ClH/c1-6(9)7-4-2-3-5-8(7)10(11)12;/h2-6H,9H2,1H3;1H/t6-;/m1./s1. The number of nitrogens with two attached hydrogens (primary N) is 1. The number of hydrogen-bond donors (Lipinski definition) is 1. The van der Waals surface area contributed by atoms with E-state index in [-0.39, 0.29) is 24.1 Å². The summed E-state index contributed by atoms with van der Waals surface area (Å²) in [5.74, 6) is 0. The third-order valence-electron chi connectivity index (χ3n) is 1.62. The van der Waals surface area contributed by atoms with E-state index in [0.29, 0.717) is 5.56 Å². The van der Waals surface area contributed by atoms with Crippen molar-refractivity contribution in [3.05, 3.63) is 39.9 Å². The molecule has 0 saturated carbocycles. The van der Waals surface area contributed by atoms with Crippen molar-refractivity contribution in [1.82, 2.24) is 0 Å². The van der Waals surface area contributed by atoms with E-state index < -0.39 is 4.92 Å². The molecule has 13 heavy (non-hydrogen) atoms. The first-order valence-electron chi connectivity index (χ1n) is 3.62. The van der Waals surface area contributed by atoms with Gasteiger partial charge in [-0.1, -0.05) is 18.2 Å². The van der Waals surface area contributed by atoms with Gasteiger partial charge in [0.25, 0.3) is 5.69 Å². The maximum atomic E-state index is 10.5. The van der Waals surface area contributed by atoms with Crippen LogP contribution in [0.2, 0.25) is 0 Å². The molecule has 0 fully saturated rings. The van der Waals surface area contributed by atoms with Gasteiger partial charge in [-0.05, 0) is 6.92 Å². The molecule has 0 aliphatic rings. The second kappa shape index (κ2) is 4.79. The molecule has 0 radical (unpaired) electrons. The van der Waals surface area contributed by atoms with Crippen LogP contribution >= 0.6 is 12.4 Å². The Morgan fingerprint density at radius 3 is 2.38 bits per heavy atom. The maximum absolute atomic E-state index is 10.5. The van der Waals surface area contributed by atoms with Crippen molar-refractivity contribution in [2.75, 3.05) is 0 Å². The highest BCUT2D eigenvalue weighted by Crippen LogP contribution is 2.22. The van der Waals surface area contributed by atoms with Gasteiger partial charge in [0, 0.05) is 17.7 Å². The lowest BCUT2D eigenvalue weighted by Crippen LogP contribution is -2.07. The summed E-state index contributed by atoms with van der Waals surface area (Å²) in [7, 11) is 0. The van der Waals surface area contributed by atoms with Gasteiger partial charge >= 0.3 is 0 Å². The predicted octanol–water partition coefficient (Wildman–Crippen LogP) is 2.04. The van der Waals surface area contributed by atoms with E-state index in [9.17, 15) is 10.1 Å². The Morgan fingerprint density at radius 1 is 1.46 bits per heavy atom. The van der Waals surface area contributed by atoms with Crippen LogP contribution in [0.25, 0.3) is 0 Å². The highest BCUT2D eigenvalue weighted by atomic mass is 35.5. The molecular formula is C8H11ClN2O2. The van der Waals surface area contributed by atoms with Gasteiger partial charge in [-0.15, -0.1) is 12.4 Å². The molecule has 2 N–H and O–H groups in total. The van der Waals surface area contributed by atoms with Crippen molar-refractivity contribution in [2.45, 2.75) is 13.0 Å². The van der Waals surface area contributed by atoms with Crippen molar-refractivity contribution >= 4 is 18.1 Å². The van der Waals surface area contributed by atoms with Gasteiger partial charge < -0.3 is 5.73 Å². The van der Waals surface area contributed by atoms with E-state index in [1.807, 2.05) is 0 Å². The highest BCUT2D eigenvalue weighted by Gasteiger charge is 2.14. The molecule has 1 aromatic carbocycles. The normalized spacial score (nSPS) is 11.5. The van der Waals surface area contributed by atoms with Crippen LogP contribution in [-0.4, -0.2) is 4.92 Å². The molecule has 72 valence electrons. The molecule has 0 heterocycles. The van der Waals surface area contributed by atoms with Gasteiger partial charge in [-0.2, -0.15) is 0 Å². The number of benzene rings is 1. The Balaban J connectivity index is 0.00000144. The van der Waals surface area contributed by atoms with Gasteiger partial charge in [-0.3, -0.25) is 10.1 Å². The number of nitro groups is 1. The van der Waals surface area contributed by atoms with Crippen molar-refractivity contribution in [3.63, 3.8) is 0 Å². The Morgan fingerprint density at radius 2 is 2.00 bits per heavy atom. The minimum atomic E-state index is -0.418. The minimum absolute atomic E-state index is 0. The number of halogens is 1. The summed E-state index contributed by atoms with van der Waals surface area (Å²) in [6, 6.07) is 6.20. The van der Waals surface area contributed by atoms with Gasteiger partial charge in [0.1, 0.15) is 0 Å². The molecule has 4 nitrogen and oxygen atoms in total. The van der Waals surface area contributed by atoms with Crippen LogP contribution in [0, 0.1) is 10.1 Å². The van der Waals surface area contributed by atoms with Crippen molar-refractivity contribution in [2.24, 2.45) is 5.73 Å². The van der Waals surface area contributed by atoms with Crippen LogP contribution in [0.4, 0.5) is 5.69 Å². The molecule has 0 bridgehead atoms. The monoisotopic (exact) mass is 202 g/mol. The molecule has 0 aromatic heterocycles. The van der Waals surface area contributed by atoms with Crippen molar-refractivity contribution in [1.29, 1.82) is 0 Å². The molecule has 0 spiro atoms. The summed E-state index contributed by atoms with van der Waals surface area (Å²) in [5, 5.41) is 10.5. The zero-order valence-corrected chi connectivity index (χ0v) is 7.95. The summed E-state index contributed by atoms with van der Waals surface area (Å²) < 4.78 is 0. The molecular weight excluding hydrogens is 192 g/mol. The average molecular weight is 203 g/mol. The van der Waals surface area contributed by atoms with E-state index in [1.165, 1.54) is 6.07 Å². The highest BCUT2D eigenvalue weighted by molar-refractivity contribution is 5.85. The summed E-state index contributed by atoms with van der Waals surface area (Å²) >= 11 is 0. The first-order valence-corrected chi connectivity index (χ1v) is 3.62. The van der Waals surface area contributed by atoms with Crippen LogP contribution in [0.5, 0.6) is 0 Å². The van der Waals surface area contributed by atoms with Crippen LogP contribution < -0.4 is 5.73 Å². The minimum Gasteiger partial charge on any atom is -0.324 e. The van der Waals surface area contributed by atoms with Gasteiger partial charge in [0.2, 0.25) is 0 Å². The smallest absolute Gasteiger partial charge is 0.274 e. The lowest BCUT2D eigenvalue weighted by molar-refractivity contribution is -0.385. The summed E-state index contributed by atoms with van der Waals surface area (Å²) in [5.41, 5.74) is 6.21. The van der Waals surface area contributed by atoms with Gasteiger partial charge in [0.15, 0.2) is 0 Å². The van der Waals surface area contributed by atoms with E-state index in [2.05, 4.69) is 0 Å². The Bertz CT molecular complexity index is 302. The largest absolute Gasteiger partial charge is 0.324 e. The number of rotatable bonds is 2. The Hall–Kier alpha value is -1.13. The summed E-state index contributed by atoms with van der Waals surface area (Å²) in [6.07, 6.45) is 0. The fourth-order valence-corrected chi connectivity index (χ4v) is 1.04. The molecule has 1 aromatic rings. The predicted molar refractivity (Wildman–Crippen MR) is 52.9 cm³/mol. The average Bonchev–Trinajstić information content (AvgIpc) is 2.04. The molecule has 0 saturated heterocycles. The third kappa shape index (κ3) is 2.68. The summed E-state index contributed by atoms with van der Waals surface area (Å²) in [4.78, 5) is 10.1. The first kappa shape index (κ1) is 11.9. The molecule has 0 amide bonds. The zero-order chi connectivity index (χ0) is 9.14. The lowest BCUT2D eigenvalue weighted by Gasteiger charge is -2.04. The maximum Gasteiger partial charge on any atom is 0.274 e. The SMILES string of the molecule is C[C@@H](N)c1ccccc1[N+](=O)[O-].Cl. The van der Waals surface area contributed by atoms with Gasteiger partial charge in [-0.25, -0.2) is 0 Å². The number of para-hydroxylation sites is 1. The quantitative estimate of drug-likeness (QED) is 0.589. The lowest BCUT2D eigenvalue weighted by atomic mass is 10.1. The fraction of sp³-hybridized carbons (Fsp3) is 0.250. The number of nitro benzene ring substituents is 1. The second-order valence-corrected chi connectivity index (χ2v) is 2.60. The second-order valence-electron chi connectivity index (χ2n) is 2.60. The molecule has 0 aliphatic heterocycles. The Labute approximate surface area is 82.3 Å². The fourth-order valence-electron chi connectivity index (χ4n) is 1.04. The number of hydrogen-bond acceptors (Lipinski definition) is 3. The van der Waals surface area contributed by atoms with Crippen LogP contribution in [0.1, 0.15) is 18.5 Å². The van der Waals surface area contributed by atoms with E-state index >= 15 is 0 Å². The molecule has 5 heteroatoms. The molecule has 1 atom stereocenters. The van der Waals surface area contributed by atoms with Crippen LogP contribution in [0.15, 0.2) is 24.3 Å². The zero-order valence-electron chi connectivity index (χ0n) is 7.14. The van der Waals surface area contributed by atoms with E-state index in [0.717, 1.165) is 0 Å². The van der Waals surface area contributed by atoms with Crippen molar-refractivity contribution < 1.29 is 4.92 Å².